The minimum absolute atomic E-state index is 0.0617. The summed E-state index contributed by atoms with van der Waals surface area (Å²) in [4.78, 5) is 44.0. The largest absolute Gasteiger partial charge is 0.467 e. The van der Waals surface area contributed by atoms with E-state index in [4.69, 9.17) is 9.15 Å². The lowest BCUT2D eigenvalue weighted by Gasteiger charge is -2.12. The van der Waals surface area contributed by atoms with Crippen molar-refractivity contribution in [3.63, 3.8) is 0 Å². The van der Waals surface area contributed by atoms with Gasteiger partial charge in [-0.15, -0.1) is 11.3 Å². The lowest BCUT2D eigenvalue weighted by atomic mass is 10.2. The number of aryl methyl sites for hydroxylation is 1. The molecule has 4 rings (SSSR count). The van der Waals surface area contributed by atoms with E-state index in [9.17, 15) is 14.4 Å². The number of nitrogens with one attached hydrogen (secondary N) is 1. The number of halogens is 1. The molecule has 0 atom stereocenters. The minimum Gasteiger partial charge on any atom is -0.467 e. The molecule has 11 heteroatoms. The molecule has 0 aliphatic carbocycles. The number of hydrogen-bond acceptors (Lipinski definition) is 8. The van der Waals surface area contributed by atoms with E-state index in [0.29, 0.717) is 31.6 Å². The zero-order valence-corrected chi connectivity index (χ0v) is 22.2. The number of hydrogen-bond donors (Lipinski definition) is 1. The molecule has 0 fully saturated rings. The summed E-state index contributed by atoms with van der Waals surface area (Å²) in [5.41, 5.74) is 1.18. The van der Waals surface area contributed by atoms with Gasteiger partial charge in [0.15, 0.2) is 5.16 Å². The first-order chi connectivity index (χ1) is 16.9. The minimum atomic E-state index is -0.475. The number of thioether (sulfide) groups is 1. The number of fused-ring (bicyclic) bond motifs is 1. The van der Waals surface area contributed by atoms with Crippen molar-refractivity contribution >= 4 is 61.1 Å². The van der Waals surface area contributed by atoms with E-state index in [1.54, 1.807) is 36.8 Å². The van der Waals surface area contributed by atoms with Crippen LogP contribution in [0.15, 0.2) is 61.5 Å². The number of thiophene rings is 1. The Hall–Kier alpha value is -2.89. The van der Waals surface area contributed by atoms with Gasteiger partial charge >= 0.3 is 5.97 Å². The van der Waals surface area contributed by atoms with Crippen LogP contribution in [0.5, 0.6) is 0 Å². The third kappa shape index (κ3) is 5.85. The second-order valence-electron chi connectivity index (χ2n) is 7.52. The number of furan rings is 1. The SMILES string of the molecule is CCOC(=O)c1sc2nc(SCC(=O)NCc3ccco3)n(Cc3cccc(Br)c3)c(=O)c2c1C. The lowest BCUT2D eigenvalue weighted by Crippen LogP contribution is -2.27. The fourth-order valence-electron chi connectivity index (χ4n) is 3.44. The van der Waals surface area contributed by atoms with Gasteiger partial charge in [-0.2, -0.15) is 0 Å². The first kappa shape index (κ1) is 25.2. The first-order valence-electron chi connectivity index (χ1n) is 10.7. The molecular weight excluding hydrogens is 554 g/mol. The zero-order chi connectivity index (χ0) is 24.9. The number of amides is 1. The summed E-state index contributed by atoms with van der Waals surface area (Å²) in [5.74, 6) is 0.0171. The fraction of sp³-hybridized carbons (Fsp3) is 0.250. The molecule has 1 N–H and O–H groups in total. The quantitative estimate of drug-likeness (QED) is 0.174. The number of carbonyl (C=O) groups excluding carboxylic acids is 2. The van der Waals surface area contributed by atoms with Gasteiger partial charge in [0.25, 0.3) is 5.56 Å². The van der Waals surface area contributed by atoms with E-state index in [-0.39, 0.29) is 36.9 Å². The molecule has 0 aliphatic heterocycles. The Morgan fingerprint density at radius 1 is 1.29 bits per heavy atom. The zero-order valence-electron chi connectivity index (χ0n) is 19.0. The van der Waals surface area contributed by atoms with Crippen LogP contribution in [0.25, 0.3) is 10.2 Å². The van der Waals surface area contributed by atoms with Crippen LogP contribution in [0.1, 0.15) is 33.5 Å². The number of aromatic nitrogens is 2. The van der Waals surface area contributed by atoms with Crippen molar-refractivity contribution in [2.24, 2.45) is 0 Å². The Morgan fingerprint density at radius 2 is 2.11 bits per heavy atom. The van der Waals surface area contributed by atoms with Crippen molar-refractivity contribution in [3.05, 3.63) is 79.3 Å². The van der Waals surface area contributed by atoms with Crippen LogP contribution in [0.3, 0.4) is 0 Å². The van der Waals surface area contributed by atoms with E-state index in [1.807, 2.05) is 24.3 Å². The Labute approximate surface area is 217 Å². The highest BCUT2D eigenvalue weighted by Gasteiger charge is 2.23. The number of carbonyl (C=O) groups is 2. The molecule has 0 bridgehead atoms. The van der Waals surface area contributed by atoms with Crippen molar-refractivity contribution in [2.45, 2.75) is 32.1 Å². The highest BCUT2D eigenvalue weighted by Crippen LogP contribution is 2.30. The van der Waals surface area contributed by atoms with Gasteiger partial charge in [0.05, 0.1) is 37.1 Å². The molecule has 35 heavy (non-hydrogen) atoms. The van der Waals surface area contributed by atoms with E-state index >= 15 is 0 Å². The fourth-order valence-corrected chi connectivity index (χ4v) is 5.83. The molecule has 1 aromatic carbocycles. The van der Waals surface area contributed by atoms with Gasteiger partial charge in [-0.25, -0.2) is 9.78 Å². The second kappa shape index (κ2) is 11.2. The molecule has 0 unspecified atom stereocenters. The third-order valence-electron chi connectivity index (χ3n) is 5.08. The average Bonchev–Trinajstić information content (AvgIpc) is 3.46. The van der Waals surface area contributed by atoms with Crippen LogP contribution in [0.4, 0.5) is 0 Å². The van der Waals surface area contributed by atoms with Crippen LogP contribution < -0.4 is 10.9 Å². The number of rotatable bonds is 9. The number of benzene rings is 1. The normalized spacial score (nSPS) is 11.1. The van der Waals surface area contributed by atoms with Gasteiger partial charge < -0.3 is 14.5 Å². The summed E-state index contributed by atoms with van der Waals surface area (Å²) in [6.45, 7) is 4.24. The van der Waals surface area contributed by atoms with Gasteiger partial charge in [-0.1, -0.05) is 39.8 Å². The monoisotopic (exact) mass is 575 g/mol. The molecule has 182 valence electrons. The van der Waals surface area contributed by atoms with E-state index < -0.39 is 5.97 Å². The Kier molecular flexibility index (Phi) is 8.09. The summed E-state index contributed by atoms with van der Waals surface area (Å²) in [7, 11) is 0. The van der Waals surface area contributed by atoms with Gasteiger partial charge in [0.1, 0.15) is 15.5 Å². The maximum absolute atomic E-state index is 13.6. The van der Waals surface area contributed by atoms with Crippen LogP contribution in [0, 0.1) is 6.92 Å². The molecular formula is C24H22BrN3O5S2. The lowest BCUT2D eigenvalue weighted by molar-refractivity contribution is -0.118. The number of esters is 1. The second-order valence-corrected chi connectivity index (χ2v) is 10.4. The number of nitrogens with zero attached hydrogens (tertiary/aromatic N) is 2. The van der Waals surface area contributed by atoms with Crippen molar-refractivity contribution in [1.29, 1.82) is 0 Å². The van der Waals surface area contributed by atoms with Crippen molar-refractivity contribution in [3.8, 4) is 0 Å². The molecule has 1 amide bonds. The third-order valence-corrected chi connectivity index (χ3v) is 7.71. The van der Waals surface area contributed by atoms with Crippen molar-refractivity contribution < 1.29 is 18.7 Å². The molecule has 0 radical (unpaired) electrons. The van der Waals surface area contributed by atoms with Crippen molar-refractivity contribution in [1.82, 2.24) is 14.9 Å². The molecule has 8 nitrogen and oxygen atoms in total. The Morgan fingerprint density at radius 3 is 2.83 bits per heavy atom. The summed E-state index contributed by atoms with van der Waals surface area (Å²) in [5, 5.41) is 3.58. The van der Waals surface area contributed by atoms with E-state index in [2.05, 4.69) is 26.2 Å². The summed E-state index contributed by atoms with van der Waals surface area (Å²) < 4.78 is 12.8. The molecule has 4 aromatic rings. The van der Waals surface area contributed by atoms with Crippen LogP contribution in [-0.4, -0.2) is 33.8 Å². The molecule has 0 spiro atoms. The van der Waals surface area contributed by atoms with E-state index in [1.165, 1.54) is 11.8 Å². The smallest absolute Gasteiger partial charge is 0.348 e. The standard InChI is InChI=1S/C24H22BrN3O5S2/c1-3-32-23(31)20-14(2)19-21(35-20)27-24(34-13-18(29)26-11-17-8-5-9-33-17)28(22(19)30)12-15-6-4-7-16(25)10-15/h4-10H,3,11-13H2,1-2H3,(H,26,29). The van der Waals surface area contributed by atoms with Gasteiger partial charge in [-0.05, 0) is 49.2 Å². The highest BCUT2D eigenvalue weighted by atomic mass is 79.9. The average molecular weight is 576 g/mol. The van der Waals surface area contributed by atoms with Gasteiger partial charge in [0, 0.05) is 4.47 Å². The maximum atomic E-state index is 13.6. The topological polar surface area (TPSA) is 103 Å². The molecule has 0 aliphatic rings. The molecule has 3 heterocycles. The predicted molar refractivity (Wildman–Crippen MR) is 139 cm³/mol. The number of ether oxygens (including phenoxy) is 1. The predicted octanol–water partition coefficient (Wildman–Crippen LogP) is 4.76. The van der Waals surface area contributed by atoms with E-state index in [0.717, 1.165) is 21.4 Å². The highest BCUT2D eigenvalue weighted by molar-refractivity contribution is 9.10. The van der Waals surface area contributed by atoms with Gasteiger partial charge in [0.2, 0.25) is 5.91 Å². The van der Waals surface area contributed by atoms with Gasteiger partial charge in [-0.3, -0.25) is 14.2 Å². The maximum Gasteiger partial charge on any atom is 0.348 e. The van der Waals surface area contributed by atoms with Crippen LogP contribution >= 0.6 is 39.0 Å². The Balaban J connectivity index is 1.68. The van der Waals surface area contributed by atoms with Crippen LogP contribution in [-0.2, 0) is 22.6 Å². The van der Waals surface area contributed by atoms with Crippen molar-refractivity contribution in [2.75, 3.05) is 12.4 Å². The molecule has 0 saturated carbocycles. The van der Waals surface area contributed by atoms with Crippen LogP contribution in [0.2, 0.25) is 0 Å². The molecule has 3 aromatic heterocycles. The summed E-state index contributed by atoms with van der Waals surface area (Å²) in [6, 6.07) is 11.2. The molecule has 0 saturated heterocycles. The Bertz CT molecular complexity index is 1430. The summed E-state index contributed by atoms with van der Waals surface area (Å²) in [6.07, 6.45) is 1.55. The summed E-state index contributed by atoms with van der Waals surface area (Å²) >= 11 is 5.76. The first-order valence-corrected chi connectivity index (χ1v) is 13.3.